The lowest BCUT2D eigenvalue weighted by molar-refractivity contribution is 0.585. The van der Waals surface area contributed by atoms with E-state index in [2.05, 4.69) is 5.32 Å². The van der Waals surface area contributed by atoms with E-state index in [-0.39, 0.29) is 11.6 Å². The number of halogens is 2. The van der Waals surface area contributed by atoms with Crippen molar-refractivity contribution < 1.29 is 8.78 Å². The van der Waals surface area contributed by atoms with Crippen molar-refractivity contribution in [2.75, 3.05) is 6.54 Å². The number of benzene rings is 2. The summed E-state index contributed by atoms with van der Waals surface area (Å²) in [6.45, 7) is 3.17. The molecule has 0 amide bonds. The Morgan fingerprint density at radius 3 is 2.37 bits per heavy atom. The molecular weight excluding hydrogens is 264 g/mol. The summed E-state index contributed by atoms with van der Waals surface area (Å²) in [5, 5.41) is 3.10. The van der Waals surface area contributed by atoms with E-state index in [0.29, 0.717) is 17.0 Å². The zero-order valence-corrected chi connectivity index (χ0v) is 11.4. The highest BCUT2D eigenvalue weighted by Crippen LogP contribution is 2.33. The van der Waals surface area contributed by atoms with Crippen LogP contribution < -0.4 is 5.32 Å². The molecule has 2 rings (SSSR count). The van der Waals surface area contributed by atoms with Gasteiger partial charge in [0.15, 0.2) is 0 Å². The lowest BCUT2D eigenvalue weighted by atomic mass is 10.2. The molecule has 100 valence electrons. The Kier molecular flexibility index (Phi) is 4.93. The number of rotatable bonds is 5. The second-order valence-corrected chi connectivity index (χ2v) is 5.11. The summed E-state index contributed by atoms with van der Waals surface area (Å²) < 4.78 is 27.5. The van der Waals surface area contributed by atoms with Gasteiger partial charge >= 0.3 is 0 Å². The van der Waals surface area contributed by atoms with E-state index in [4.69, 9.17) is 0 Å². The van der Waals surface area contributed by atoms with Crippen LogP contribution in [0.4, 0.5) is 8.78 Å². The third-order valence-electron chi connectivity index (χ3n) is 2.68. The number of nitrogens with one attached hydrogen (secondary N) is 1. The first-order valence-corrected chi connectivity index (χ1v) is 6.94. The standard InChI is InChI=1S/C15H15F2NS/c1-2-18-10-11-12(16)7-5-9-14(11)19-15-8-4-3-6-13(15)17/h3-9,18H,2,10H2,1H3. The van der Waals surface area contributed by atoms with Gasteiger partial charge in [-0.15, -0.1) is 0 Å². The van der Waals surface area contributed by atoms with Crippen LogP contribution in [0.2, 0.25) is 0 Å². The Morgan fingerprint density at radius 2 is 1.63 bits per heavy atom. The summed E-state index contributed by atoms with van der Waals surface area (Å²) in [7, 11) is 0. The molecule has 0 bridgehead atoms. The Morgan fingerprint density at radius 1 is 0.947 bits per heavy atom. The molecule has 2 aromatic rings. The van der Waals surface area contributed by atoms with E-state index in [1.165, 1.54) is 23.9 Å². The molecule has 0 fully saturated rings. The van der Waals surface area contributed by atoms with Crippen LogP contribution in [0.5, 0.6) is 0 Å². The minimum absolute atomic E-state index is 0.262. The van der Waals surface area contributed by atoms with Crippen LogP contribution in [0.25, 0.3) is 0 Å². The maximum atomic E-state index is 13.8. The fraction of sp³-hybridized carbons (Fsp3) is 0.200. The smallest absolute Gasteiger partial charge is 0.137 e. The summed E-state index contributed by atoms with van der Waals surface area (Å²) in [4.78, 5) is 1.25. The summed E-state index contributed by atoms with van der Waals surface area (Å²) in [5.41, 5.74) is 0.581. The molecule has 0 aliphatic heterocycles. The van der Waals surface area contributed by atoms with Gasteiger partial charge in [0.25, 0.3) is 0 Å². The average molecular weight is 279 g/mol. The highest BCUT2D eigenvalue weighted by molar-refractivity contribution is 7.99. The second kappa shape index (κ2) is 6.68. The van der Waals surface area contributed by atoms with Crippen molar-refractivity contribution in [2.45, 2.75) is 23.3 Å². The number of hydrogen-bond donors (Lipinski definition) is 1. The monoisotopic (exact) mass is 279 g/mol. The normalized spacial score (nSPS) is 10.7. The SMILES string of the molecule is CCNCc1c(F)cccc1Sc1ccccc1F. The molecule has 0 unspecified atom stereocenters. The van der Waals surface area contributed by atoms with Crippen molar-refractivity contribution >= 4 is 11.8 Å². The quantitative estimate of drug-likeness (QED) is 0.879. The molecule has 0 atom stereocenters. The summed E-state index contributed by atoms with van der Waals surface area (Å²) in [5.74, 6) is -0.548. The third kappa shape index (κ3) is 3.55. The van der Waals surface area contributed by atoms with Gasteiger partial charge in [0.2, 0.25) is 0 Å². The van der Waals surface area contributed by atoms with Crippen molar-refractivity contribution in [3.63, 3.8) is 0 Å². The van der Waals surface area contributed by atoms with Crippen LogP contribution in [0.15, 0.2) is 52.3 Å². The maximum absolute atomic E-state index is 13.8. The van der Waals surface area contributed by atoms with Crippen LogP contribution in [0, 0.1) is 11.6 Å². The van der Waals surface area contributed by atoms with E-state index >= 15 is 0 Å². The largest absolute Gasteiger partial charge is 0.313 e. The fourth-order valence-corrected chi connectivity index (χ4v) is 2.69. The van der Waals surface area contributed by atoms with Crippen molar-refractivity contribution in [2.24, 2.45) is 0 Å². The van der Waals surface area contributed by atoms with Crippen LogP contribution in [0.3, 0.4) is 0 Å². The molecular formula is C15H15F2NS. The Hall–Kier alpha value is -1.39. The summed E-state index contributed by atoms with van der Waals surface area (Å²) in [6, 6.07) is 11.4. The summed E-state index contributed by atoms with van der Waals surface area (Å²) in [6.07, 6.45) is 0. The molecule has 1 nitrogen and oxygen atoms in total. The van der Waals surface area contributed by atoms with Crippen molar-refractivity contribution in [3.8, 4) is 0 Å². The van der Waals surface area contributed by atoms with Crippen molar-refractivity contribution in [3.05, 3.63) is 59.7 Å². The molecule has 0 saturated heterocycles. The van der Waals surface area contributed by atoms with Gasteiger partial charge in [-0.05, 0) is 30.8 Å². The van der Waals surface area contributed by atoms with Crippen molar-refractivity contribution in [1.29, 1.82) is 0 Å². The lowest BCUT2D eigenvalue weighted by Gasteiger charge is -2.11. The molecule has 0 radical (unpaired) electrons. The Balaban J connectivity index is 2.29. The molecule has 0 spiro atoms. The van der Waals surface area contributed by atoms with Gasteiger partial charge in [-0.25, -0.2) is 8.78 Å². The second-order valence-electron chi connectivity index (χ2n) is 4.03. The molecule has 0 aliphatic rings. The first-order valence-electron chi connectivity index (χ1n) is 6.13. The highest BCUT2D eigenvalue weighted by atomic mass is 32.2. The van der Waals surface area contributed by atoms with E-state index in [1.54, 1.807) is 24.3 Å². The molecule has 1 N–H and O–H groups in total. The van der Waals surface area contributed by atoms with Crippen LogP contribution in [0.1, 0.15) is 12.5 Å². The Labute approximate surface area is 116 Å². The molecule has 0 aromatic heterocycles. The van der Waals surface area contributed by atoms with Crippen LogP contribution >= 0.6 is 11.8 Å². The molecule has 0 saturated carbocycles. The topological polar surface area (TPSA) is 12.0 Å². The van der Waals surface area contributed by atoms with Gasteiger partial charge < -0.3 is 5.32 Å². The molecule has 19 heavy (non-hydrogen) atoms. The van der Waals surface area contributed by atoms with Crippen LogP contribution in [-0.2, 0) is 6.54 Å². The molecule has 4 heteroatoms. The predicted molar refractivity (Wildman–Crippen MR) is 74.3 cm³/mol. The minimum Gasteiger partial charge on any atom is -0.313 e. The van der Waals surface area contributed by atoms with Gasteiger partial charge in [0.05, 0.1) is 0 Å². The maximum Gasteiger partial charge on any atom is 0.137 e. The summed E-state index contributed by atoms with van der Waals surface area (Å²) >= 11 is 1.25. The van der Waals surface area contributed by atoms with Gasteiger partial charge in [0, 0.05) is 21.9 Å². The zero-order valence-electron chi connectivity index (χ0n) is 10.6. The first-order chi connectivity index (χ1) is 9.22. The minimum atomic E-state index is -0.286. The predicted octanol–water partition coefficient (Wildman–Crippen LogP) is 4.23. The molecule has 0 heterocycles. The zero-order chi connectivity index (χ0) is 13.7. The Bertz CT molecular complexity index is 558. The van der Waals surface area contributed by atoms with Gasteiger partial charge in [0.1, 0.15) is 11.6 Å². The molecule has 0 aliphatic carbocycles. The third-order valence-corrected chi connectivity index (χ3v) is 3.84. The van der Waals surface area contributed by atoms with Crippen LogP contribution in [-0.4, -0.2) is 6.54 Å². The average Bonchev–Trinajstić information content (AvgIpc) is 2.41. The first kappa shape index (κ1) is 14.0. The molecule has 2 aromatic carbocycles. The van der Waals surface area contributed by atoms with Gasteiger partial charge in [-0.3, -0.25) is 0 Å². The van der Waals surface area contributed by atoms with E-state index in [1.807, 2.05) is 13.0 Å². The number of hydrogen-bond acceptors (Lipinski definition) is 2. The van der Waals surface area contributed by atoms with Crippen molar-refractivity contribution in [1.82, 2.24) is 5.32 Å². The highest BCUT2D eigenvalue weighted by Gasteiger charge is 2.11. The lowest BCUT2D eigenvalue weighted by Crippen LogP contribution is -2.13. The van der Waals surface area contributed by atoms with Gasteiger partial charge in [-0.1, -0.05) is 36.9 Å². The fourth-order valence-electron chi connectivity index (χ4n) is 1.70. The van der Waals surface area contributed by atoms with E-state index in [9.17, 15) is 8.78 Å². The van der Waals surface area contributed by atoms with Gasteiger partial charge in [-0.2, -0.15) is 0 Å². The van der Waals surface area contributed by atoms with E-state index < -0.39 is 0 Å². The van der Waals surface area contributed by atoms with E-state index in [0.717, 1.165) is 11.4 Å².